The van der Waals surface area contributed by atoms with Crippen LogP contribution in [0, 0.1) is 6.92 Å². The van der Waals surface area contributed by atoms with Crippen molar-refractivity contribution in [3.8, 4) is 0 Å². The van der Waals surface area contributed by atoms with Crippen molar-refractivity contribution >= 4 is 21.9 Å². The van der Waals surface area contributed by atoms with Gasteiger partial charge in [0.2, 0.25) is 0 Å². The van der Waals surface area contributed by atoms with Gasteiger partial charge in [0, 0.05) is 24.0 Å². The fourth-order valence-electron chi connectivity index (χ4n) is 2.48. The smallest absolute Gasteiger partial charge is 0.277 e. The van der Waals surface area contributed by atoms with Crippen molar-refractivity contribution < 1.29 is 0 Å². The summed E-state index contributed by atoms with van der Waals surface area (Å²) in [4.78, 5) is 22.2. The van der Waals surface area contributed by atoms with Crippen LogP contribution in [0.2, 0.25) is 0 Å². The van der Waals surface area contributed by atoms with E-state index < -0.39 is 0 Å². The number of aryl methyl sites for hydroxylation is 1. The maximum absolute atomic E-state index is 12.5. The second-order valence-electron chi connectivity index (χ2n) is 5.39. The molecule has 1 aromatic carbocycles. The van der Waals surface area contributed by atoms with Gasteiger partial charge in [0.05, 0.1) is 6.33 Å². The minimum atomic E-state index is -0.00699. The molecule has 5 heteroatoms. The molecule has 0 aliphatic carbocycles. The summed E-state index contributed by atoms with van der Waals surface area (Å²) in [5.41, 5.74) is 3.45. The average molecular weight is 270 g/mol. The summed E-state index contributed by atoms with van der Waals surface area (Å²) in [6.07, 6.45) is 1.65. The Morgan fingerprint density at radius 2 is 2.15 bits per heavy atom. The van der Waals surface area contributed by atoms with Crippen LogP contribution in [0.1, 0.15) is 5.56 Å². The predicted octanol–water partition coefficient (Wildman–Crippen LogP) is 1.75. The summed E-state index contributed by atoms with van der Waals surface area (Å²) in [5.74, 6) is 0. The van der Waals surface area contributed by atoms with E-state index in [0.29, 0.717) is 12.1 Å². The van der Waals surface area contributed by atoms with Gasteiger partial charge in [-0.2, -0.15) is 0 Å². The summed E-state index contributed by atoms with van der Waals surface area (Å²) in [6, 6.07) is 6.00. The zero-order chi connectivity index (χ0) is 14.3. The van der Waals surface area contributed by atoms with Crippen LogP contribution in [-0.4, -0.2) is 40.1 Å². The van der Waals surface area contributed by atoms with E-state index in [0.717, 1.165) is 28.5 Å². The zero-order valence-electron chi connectivity index (χ0n) is 12.0. The number of aromatic amines is 1. The van der Waals surface area contributed by atoms with Crippen LogP contribution in [0.4, 0.5) is 0 Å². The number of hydrogen-bond acceptors (Lipinski definition) is 3. The van der Waals surface area contributed by atoms with E-state index in [-0.39, 0.29) is 5.56 Å². The van der Waals surface area contributed by atoms with Crippen molar-refractivity contribution in [3.05, 3.63) is 40.4 Å². The number of hydrogen-bond donors (Lipinski definition) is 1. The van der Waals surface area contributed by atoms with Crippen molar-refractivity contribution in [1.82, 2.24) is 19.4 Å². The van der Waals surface area contributed by atoms with E-state index in [4.69, 9.17) is 0 Å². The van der Waals surface area contributed by atoms with Crippen LogP contribution < -0.4 is 5.56 Å². The molecule has 0 amide bonds. The van der Waals surface area contributed by atoms with Gasteiger partial charge in [-0.1, -0.05) is 12.1 Å². The molecule has 2 aromatic heterocycles. The summed E-state index contributed by atoms with van der Waals surface area (Å²) < 4.78 is 1.66. The molecule has 0 atom stereocenters. The predicted molar refractivity (Wildman–Crippen MR) is 81.2 cm³/mol. The number of likely N-dealkylation sites (N-methyl/N-ethyl adjacent to an activating group) is 1. The lowest BCUT2D eigenvalue weighted by Crippen LogP contribution is -2.26. The fourth-order valence-corrected chi connectivity index (χ4v) is 2.48. The van der Waals surface area contributed by atoms with Crippen molar-refractivity contribution in [2.45, 2.75) is 13.5 Å². The number of nitrogens with one attached hydrogen (secondary N) is 1. The minimum absolute atomic E-state index is 0.00699. The molecular weight excluding hydrogens is 252 g/mol. The standard InChI is InChI=1S/C15H18N4O/c1-10-5-4-6-11-12(10)13-14(17-11)15(20)19(9-16-13)8-7-18(2)3/h4-6,9,17H,7-8H2,1-3H3. The molecule has 0 bridgehead atoms. The molecule has 0 unspecified atom stereocenters. The van der Waals surface area contributed by atoms with Crippen LogP contribution in [0.25, 0.3) is 21.9 Å². The molecule has 0 aliphatic heterocycles. The first-order valence-electron chi connectivity index (χ1n) is 6.69. The normalized spacial score (nSPS) is 11.8. The second-order valence-corrected chi connectivity index (χ2v) is 5.39. The molecule has 0 fully saturated rings. The first kappa shape index (κ1) is 12.9. The third-order valence-corrected chi connectivity index (χ3v) is 3.60. The van der Waals surface area contributed by atoms with Crippen LogP contribution in [0.15, 0.2) is 29.3 Å². The first-order chi connectivity index (χ1) is 9.58. The highest BCUT2D eigenvalue weighted by Gasteiger charge is 2.12. The van der Waals surface area contributed by atoms with Gasteiger partial charge in [0.25, 0.3) is 5.56 Å². The highest BCUT2D eigenvalue weighted by Crippen LogP contribution is 2.24. The number of nitrogens with zero attached hydrogens (tertiary/aromatic N) is 3. The summed E-state index contributed by atoms with van der Waals surface area (Å²) >= 11 is 0. The lowest BCUT2D eigenvalue weighted by molar-refractivity contribution is 0.380. The van der Waals surface area contributed by atoms with Crippen molar-refractivity contribution in [1.29, 1.82) is 0 Å². The van der Waals surface area contributed by atoms with E-state index in [1.165, 1.54) is 0 Å². The van der Waals surface area contributed by atoms with E-state index in [2.05, 4.69) is 9.97 Å². The Hall–Kier alpha value is -2.14. The van der Waals surface area contributed by atoms with Gasteiger partial charge in [-0.25, -0.2) is 4.98 Å². The summed E-state index contributed by atoms with van der Waals surface area (Å²) in [7, 11) is 3.98. The van der Waals surface area contributed by atoms with Gasteiger partial charge < -0.3 is 9.88 Å². The van der Waals surface area contributed by atoms with Gasteiger partial charge >= 0.3 is 0 Å². The lowest BCUT2D eigenvalue weighted by atomic mass is 10.1. The Balaban J connectivity index is 2.21. The first-order valence-corrected chi connectivity index (χ1v) is 6.69. The second kappa shape index (κ2) is 4.76. The summed E-state index contributed by atoms with van der Waals surface area (Å²) in [5, 5.41) is 1.04. The van der Waals surface area contributed by atoms with E-state index in [9.17, 15) is 4.79 Å². The van der Waals surface area contributed by atoms with Crippen LogP contribution >= 0.6 is 0 Å². The van der Waals surface area contributed by atoms with Crippen molar-refractivity contribution in [3.63, 3.8) is 0 Å². The quantitative estimate of drug-likeness (QED) is 0.789. The molecule has 0 radical (unpaired) electrons. The molecule has 0 spiro atoms. The Labute approximate surface area is 116 Å². The molecule has 5 nitrogen and oxygen atoms in total. The van der Waals surface area contributed by atoms with Gasteiger partial charge in [-0.3, -0.25) is 9.36 Å². The topological polar surface area (TPSA) is 53.9 Å². The lowest BCUT2D eigenvalue weighted by Gasteiger charge is -2.10. The van der Waals surface area contributed by atoms with Crippen LogP contribution in [0.5, 0.6) is 0 Å². The molecule has 0 saturated heterocycles. The van der Waals surface area contributed by atoms with E-state index >= 15 is 0 Å². The number of rotatable bonds is 3. The van der Waals surface area contributed by atoms with E-state index in [1.807, 2.05) is 44.1 Å². The number of aromatic nitrogens is 3. The third kappa shape index (κ3) is 2.00. The molecule has 3 rings (SSSR count). The van der Waals surface area contributed by atoms with E-state index in [1.54, 1.807) is 10.9 Å². The van der Waals surface area contributed by atoms with Gasteiger partial charge in [-0.05, 0) is 32.6 Å². The summed E-state index contributed by atoms with van der Waals surface area (Å²) in [6.45, 7) is 3.49. The van der Waals surface area contributed by atoms with Gasteiger partial charge in [0.1, 0.15) is 11.0 Å². The monoisotopic (exact) mass is 270 g/mol. The van der Waals surface area contributed by atoms with Crippen LogP contribution in [0.3, 0.4) is 0 Å². The Bertz CT molecular complexity index is 829. The molecule has 104 valence electrons. The third-order valence-electron chi connectivity index (χ3n) is 3.60. The molecular formula is C15H18N4O. The minimum Gasteiger partial charge on any atom is -0.349 e. The fraction of sp³-hybridized carbons (Fsp3) is 0.333. The SMILES string of the molecule is Cc1cccc2[nH]c3c(=O)n(CCN(C)C)cnc3c12. The molecule has 0 aliphatic rings. The average Bonchev–Trinajstić information content (AvgIpc) is 2.78. The maximum atomic E-state index is 12.5. The Kier molecular flexibility index (Phi) is 3.06. The van der Waals surface area contributed by atoms with Crippen LogP contribution in [-0.2, 0) is 6.54 Å². The highest BCUT2D eigenvalue weighted by atomic mass is 16.1. The largest absolute Gasteiger partial charge is 0.349 e. The molecule has 1 N–H and O–H groups in total. The number of benzene rings is 1. The Morgan fingerprint density at radius 3 is 2.90 bits per heavy atom. The van der Waals surface area contributed by atoms with Gasteiger partial charge in [-0.15, -0.1) is 0 Å². The molecule has 20 heavy (non-hydrogen) atoms. The molecule has 2 heterocycles. The number of H-pyrrole nitrogens is 1. The molecule has 3 aromatic rings. The van der Waals surface area contributed by atoms with Gasteiger partial charge in [0.15, 0.2) is 0 Å². The number of fused-ring (bicyclic) bond motifs is 3. The highest BCUT2D eigenvalue weighted by molar-refractivity contribution is 6.06. The van der Waals surface area contributed by atoms with Crippen molar-refractivity contribution in [2.75, 3.05) is 20.6 Å². The van der Waals surface area contributed by atoms with Crippen molar-refractivity contribution in [2.24, 2.45) is 0 Å². The Morgan fingerprint density at radius 1 is 1.35 bits per heavy atom. The maximum Gasteiger partial charge on any atom is 0.277 e. The molecule has 0 saturated carbocycles. The zero-order valence-corrected chi connectivity index (χ0v) is 12.0.